The number of aromatic hydroxyl groups is 1. The van der Waals surface area contributed by atoms with E-state index in [-0.39, 0.29) is 5.75 Å². The minimum atomic E-state index is -1.36. The Bertz CT molecular complexity index is 1160. The zero-order valence-electron chi connectivity index (χ0n) is 23.8. The summed E-state index contributed by atoms with van der Waals surface area (Å²) >= 11 is 0. The van der Waals surface area contributed by atoms with Crippen molar-refractivity contribution in [3.05, 3.63) is 58.7 Å². The number of anilines is 1. The van der Waals surface area contributed by atoms with Crippen LogP contribution in [-0.4, -0.2) is 56.8 Å². The lowest BCUT2D eigenvalue weighted by Gasteiger charge is -2.43. The van der Waals surface area contributed by atoms with Crippen LogP contribution in [0.2, 0.25) is 0 Å². The molecule has 9 heteroatoms. The first-order valence-corrected chi connectivity index (χ1v) is 12.6. The van der Waals surface area contributed by atoms with Gasteiger partial charge in [-0.05, 0) is 96.7 Å². The highest BCUT2D eigenvalue weighted by Crippen LogP contribution is 2.33. The number of phenols is 1. The molecule has 208 valence electrons. The topological polar surface area (TPSA) is 128 Å². The highest BCUT2D eigenvalue weighted by Gasteiger charge is 2.42. The number of aliphatic hydroxyl groups is 1. The quantitative estimate of drug-likeness (QED) is 0.419. The Balaban J connectivity index is 2.61. The minimum Gasteiger partial charge on any atom is -0.508 e. The van der Waals surface area contributed by atoms with Crippen LogP contribution >= 0.6 is 0 Å². The van der Waals surface area contributed by atoms with E-state index in [1.807, 2.05) is 32.0 Å². The Morgan fingerprint density at radius 2 is 1.53 bits per heavy atom. The fourth-order valence-electron chi connectivity index (χ4n) is 4.12. The molecule has 4 N–H and O–H groups in total. The number of hydrogen-bond donors (Lipinski definition) is 4. The third-order valence-electron chi connectivity index (χ3n) is 5.90. The summed E-state index contributed by atoms with van der Waals surface area (Å²) < 4.78 is 5.27. The molecule has 0 radical (unpaired) electrons. The van der Waals surface area contributed by atoms with Gasteiger partial charge in [0.25, 0.3) is 5.91 Å². The van der Waals surface area contributed by atoms with Gasteiger partial charge in [-0.25, -0.2) is 4.79 Å². The number of aryl methyl sites for hydroxylation is 3. The van der Waals surface area contributed by atoms with E-state index in [9.17, 15) is 24.6 Å². The Morgan fingerprint density at radius 1 is 0.947 bits per heavy atom. The van der Waals surface area contributed by atoms with Crippen LogP contribution in [0, 0.1) is 20.8 Å². The molecule has 0 saturated heterocycles. The molecule has 0 spiro atoms. The molecular weight excluding hydrogens is 486 g/mol. The van der Waals surface area contributed by atoms with Gasteiger partial charge in [-0.15, -0.1) is 0 Å². The molecule has 0 fully saturated rings. The van der Waals surface area contributed by atoms with Crippen LogP contribution < -0.4 is 10.6 Å². The van der Waals surface area contributed by atoms with E-state index < -0.39 is 47.7 Å². The number of alkyl carbamates (subject to hydrolysis) is 1. The number of nitrogens with one attached hydrogen (secondary N) is 2. The van der Waals surface area contributed by atoms with Crippen molar-refractivity contribution in [1.29, 1.82) is 0 Å². The number of ether oxygens (including phenoxy) is 1. The number of para-hydroxylation sites is 1. The zero-order valence-corrected chi connectivity index (χ0v) is 23.8. The van der Waals surface area contributed by atoms with Crippen LogP contribution in [0.1, 0.15) is 69.8 Å². The smallest absolute Gasteiger partial charge is 0.408 e. The van der Waals surface area contributed by atoms with Crippen molar-refractivity contribution in [2.24, 2.45) is 0 Å². The van der Waals surface area contributed by atoms with Gasteiger partial charge in [-0.3, -0.25) is 9.59 Å². The van der Waals surface area contributed by atoms with Gasteiger partial charge in [0.05, 0.1) is 6.61 Å². The first-order chi connectivity index (χ1) is 17.5. The van der Waals surface area contributed by atoms with Gasteiger partial charge in [0.2, 0.25) is 5.91 Å². The van der Waals surface area contributed by atoms with E-state index in [1.165, 1.54) is 11.0 Å². The lowest BCUT2D eigenvalue weighted by molar-refractivity contribution is -0.147. The van der Waals surface area contributed by atoms with Gasteiger partial charge in [0.15, 0.2) is 0 Å². The minimum absolute atomic E-state index is 0.0520. The molecule has 0 aliphatic carbocycles. The Labute approximate surface area is 225 Å². The highest BCUT2D eigenvalue weighted by atomic mass is 16.6. The maximum Gasteiger partial charge on any atom is 0.408 e. The summed E-state index contributed by atoms with van der Waals surface area (Å²) in [5.74, 6) is -1.10. The van der Waals surface area contributed by atoms with E-state index >= 15 is 0 Å². The second-order valence-electron chi connectivity index (χ2n) is 11.5. The van der Waals surface area contributed by atoms with Crippen molar-refractivity contribution in [2.75, 3.05) is 11.9 Å². The van der Waals surface area contributed by atoms with E-state index in [0.717, 1.165) is 11.1 Å². The lowest BCUT2D eigenvalue weighted by atomic mass is 9.94. The average molecular weight is 528 g/mol. The summed E-state index contributed by atoms with van der Waals surface area (Å²) in [5, 5.41) is 25.6. The number of amides is 3. The molecular formula is C29H41N3O6. The Hall–Kier alpha value is -3.59. The van der Waals surface area contributed by atoms with Crippen LogP contribution in [0.15, 0.2) is 36.4 Å². The number of nitrogens with zero attached hydrogens (tertiary/aromatic N) is 1. The molecule has 0 aliphatic heterocycles. The fourth-order valence-corrected chi connectivity index (χ4v) is 4.12. The monoisotopic (exact) mass is 527 g/mol. The molecule has 9 nitrogen and oxygen atoms in total. The molecule has 2 unspecified atom stereocenters. The Morgan fingerprint density at radius 3 is 2.00 bits per heavy atom. The maximum absolute atomic E-state index is 14.0. The number of aliphatic hydroxyl groups excluding tert-OH is 1. The number of benzene rings is 2. The molecule has 2 atom stereocenters. The van der Waals surface area contributed by atoms with Crippen molar-refractivity contribution in [3.8, 4) is 5.75 Å². The molecule has 2 rings (SSSR count). The number of phenolic OH excluding ortho intramolecular Hbond substituents is 1. The van der Waals surface area contributed by atoms with Gasteiger partial charge in [-0.2, -0.15) is 0 Å². The van der Waals surface area contributed by atoms with Crippen LogP contribution in [0.25, 0.3) is 0 Å². The van der Waals surface area contributed by atoms with E-state index in [1.54, 1.807) is 60.6 Å². The third kappa shape index (κ3) is 7.71. The largest absolute Gasteiger partial charge is 0.508 e. The van der Waals surface area contributed by atoms with Gasteiger partial charge in [0.1, 0.15) is 23.4 Å². The molecule has 0 saturated carbocycles. The fraction of sp³-hybridized carbons (Fsp3) is 0.483. The summed E-state index contributed by atoms with van der Waals surface area (Å²) in [7, 11) is 0. The van der Waals surface area contributed by atoms with Gasteiger partial charge in [0, 0.05) is 11.2 Å². The summed E-state index contributed by atoms with van der Waals surface area (Å²) in [6, 6.07) is 7.82. The van der Waals surface area contributed by atoms with E-state index in [4.69, 9.17) is 4.74 Å². The maximum atomic E-state index is 14.0. The molecule has 0 aromatic heterocycles. The lowest BCUT2D eigenvalue weighted by Crippen LogP contribution is -2.59. The summed E-state index contributed by atoms with van der Waals surface area (Å²) in [5.41, 5.74) is 1.59. The summed E-state index contributed by atoms with van der Waals surface area (Å²) in [6.07, 6.45) is -0.865. The van der Waals surface area contributed by atoms with Crippen molar-refractivity contribution < 1.29 is 29.3 Å². The highest BCUT2D eigenvalue weighted by molar-refractivity contribution is 6.00. The second kappa shape index (κ2) is 11.9. The number of hydrogen-bond acceptors (Lipinski definition) is 6. The molecule has 0 heterocycles. The first-order valence-electron chi connectivity index (χ1n) is 12.6. The Kier molecular flexibility index (Phi) is 9.56. The van der Waals surface area contributed by atoms with Crippen molar-refractivity contribution in [2.45, 2.75) is 85.5 Å². The second-order valence-corrected chi connectivity index (χ2v) is 11.5. The van der Waals surface area contributed by atoms with Crippen LogP contribution in [0.5, 0.6) is 5.75 Å². The van der Waals surface area contributed by atoms with Gasteiger partial charge >= 0.3 is 6.09 Å². The predicted octanol–water partition coefficient (Wildman–Crippen LogP) is 4.51. The molecule has 38 heavy (non-hydrogen) atoms. The van der Waals surface area contributed by atoms with Crippen LogP contribution in [-0.2, 0) is 14.3 Å². The molecule has 0 aliphatic rings. The third-order valence-corrected chi connectivity index (χ3v) is 5.90. The van der Waals surface area contributed by atoms with E-state index in [0.29, 0.717) is 16.8 Å². The van der Waals surface area contributed by atoms with Crippen molar-refractivity contribution >= 4 is 23.6 Å². The standard InChI is InChI=1S/C29H41N3O6/c1-17-11-10-12-18(2)23(17)31-25(35)24(20-13-14-22(34)19(3)15-20)32(28(4,5)6)26(36)21(16-33)30-27(37)38-29(7,8)9/h10-15,21,24,33-34H,16H2,1-9H3,(H,30,37)(H,31,35). The summed E-state index contributed by atoms with van der Waals surface area (Å²) in [4.78, 5) is 41.7. The number of carbonyl (C=O) groups is 3. The first kappa shape index (κ1) is 30.6. The molecule has 2 aromatic carbocycles. The molecule has 3 amide bonds. The van der Waals surface area contributed by atoms with Gasteiger partial charge in [-0.1, -0.05) is 24.3 Å². The van der Waals surface area contributed by atoms with Crippen molar-refractivity contribution in [3.63, 3.8) is 0 Å². The van der Waals surface area contributed by atoms with Gasteiger partial charge < -0.3 is 30.5 Å². The molecule has 2 aromatic rings. The SMILES string of the molecule is Cc1cc(C(C(=O)Nc2c(C)cccc2C)N(C(=O)C(CO)NC(=O)OC(C)(C)C)C(C)(C)C)ccc1O. The zero-order chi connectivity index (χ0) is 29.0. The summed E-state index contributed by atoms with van der Waals surface area (Å²) in [6.45, 7) is 15.1. The van der Waals surface area contributed by atoms with Crippen LogP contribution in [0.3, 0.4) is 0 Å². The molecule has 0 bridgehead atoms. The predicted molar refractivity (Wildman–Crippen MR) is 147 cm³/mol. The number of carbonyl (C=O) groups excluding carboxylic acids is 3. The van der Waals surface area contributed by atoms with E-state index in [2.05, 4.69) is 10.6 Å². The van der Waals surface area contributed by atoms with Crippen molar-refractivity contribution in [1.82, 2.24) is 10.2 Å². The normalized spacial score (nSPS) is 13.3. The van der Waals surface area contributed by atoms with Crippen LogP contribution in [0.4, 0.5) is 10.5 Å². The number of rotatable bonds is 7. The average Bonchev–Trinajstić information content (AvgIpc) is 2.77.